The maximum atomic E-state index is 11.0. The van der Waals surface area contributed by atoms with Crippen molar-refractivity contribution >= 4 is 16.7 Å². The van der Waals surface area contributed by atoms with E-state index in [1.165, 1.54) is 27.7 Å². The van der Waals surface area contributed by atoms with E-state index in [0.29, 0.717) is 6.42 Å². The number of fused-ring (bicyclic) bond motifs is 1. The lowest BCUT2D eigenvalue weighted by molar-refractivity contribution is -0.116. The summed E-state index contributed by atoms with van der Waals surface area (Å²) in [6, 6.07) is 6.41. The highest BCUT2D eigenvalue weighted by molar-refractivity contribution is 5.86. The van der Waals surface area contributed by atoms with E-state index in [2.05, 4.69) is 37.0 Å². The normalized spacial score (nSPS) is 10.9. The van der Waals surface area contributed by atoms with Crippen molar-refractivity contribution in [3.63, 3.8) is 0 Å². The maximum absolute atomic E-state index is 11.0. The van der Waals surface area contributed by atoms with Gasteiger partial charge in [0.2, 0.25) is 0 Å². The summed E-state index contributed by atoms with van der Waals surface area (Å²) in [6.45, 7) is 5.81. The second kappa shape index (κ2) is 4.12. The Balaban J connectivity index is 2.43. The molecule has 0 radical (unpaired) electrons. The van der Waals surface area contributed by atoms with Gasteiger partial charge in [-0.15, -0.1) is 0 Å². The molecule has 2 rings (SSSR count). The van der Waals surface area contributed by atoms with E-state index in [1.54, 1.807) is 6.92 Å². The Morgan fingerprint density at radius 1 is 1.31 bits per heavy atom. The van der Waals surface area contributed by atoms with Crippen molar-refractivity contribution in [3.8, 4) is 0 Å². The highest BCUT2D eigenvalue weighted by Gasteiger charge is 2.08. The van der Waals surface area contributed by atoms with Crippen LogP contribution in [0.3, 0.4) is 0 Å². The molecule has 0 bridgehead atoms. The minimum Gasteiger partial charge on any atom is -0.358 e. The van der Waals surface area contributed by atoms with Crippen molar-refractivity contribution in [2.75, 3.05) is 0 Å². The zero-order chi connectivity index (χ0) is 11.7. The van der Waals surface area contributed by atoms with Gasteiger partial charge in [0.05, 0.1) is 0 Å². The lowest BCUT2D eigenvalue weighted by Crippen LogP contribution is -1.94. The van der Waals surface area contributed by atoms with Crippen LogP contribution >= 0.6 is 0 Å². The maximum Gasteiger partial charge on any atom is 0.130 e. The molecule has 16 heavy (non-hydrogen) atoms. The molecule has 2 aromatic rings. The number of benzene rings is 1. The van der Waals surface area contributed by atoms with Crippen LogP contribution in [0.4, 0.5) is 0 Å². The Morgan fingerprint density at radius 3 is 2.75 bits per heavy atom. The van der Waals surface area contributed by atoms with Gasteiger partial charge in [0.1, 0.15) is 5.78 Å². The number of aromatic nitrogens is 1. The van der Waals surface area contributed by atoms with Gasteiger partial charge in [-0.25, -0.2) is 0 Å². The summed E-state index contributed by atoms with van der Waals surface area (Å²) in [4.78, 5) is 14.4. The summed E-state index contributed by atoms with van der Waals surface area (Å²) in [5.41, 5.74) is 4.90. The minimum atomic E-state index is 0.251. The number of aryl methyl sites for hydroxylation is 3. The van der Waals surface area contributed by atoms with E-state index in [4.69, 9.17) is 0 Å². The first-order valence-electron chi connectivity index (χ1n) is 5.65. The molecule has 1 N–H and O–H groups in total. The van der Waals surface area contributed by atoms with Crippen molar-refractivity contribution in [1.29, 1.82) is 0 Å². The number of ketones is 1. The third-order valence-corrected chi connectivity index (χ3v) is 3.00. The second-order valence-electron chi connectivity index (χ2n) is 4.48. The number of H-pyrrole nitrogens is 1. The fourth-order valence-corrected chi connectivity index (χ4v) is 2.13. The van der Waals surface area contributed by atoms with Gasteiger partial charge in [0.15, 0.2) is 0 Å². The van der Waals surface area contributed by atoms with Gasteiger partial charge in [-0.2, -0.15) is 0 Å². The smallest absolute Gasteiger partial charge is 0.130 e. The number of Topliss-reactive ketones (excluding diaryl/α,β-unsaturated/α-hetero) is 1. The van der Waals surface area contributed by atoms with Gasteiger partial charge in [0, 0.05) is 23.0 Å². The van der Waals surface area contributed by atoms with E-state index in [1.807, 2.05) is 0 Å². The summed E-state index contributed by atoms with van der Waals surface area (Å²) in [5.74, 6) is 0.251. The van der Waals surface area contributed by atoms with Gasteiger partial charge in [-0.3, -0.25) is 0 Å². The quantitative estimate of drug-likeness (QED) is 0.837. The molecule has 0 fully saturated rings. The number of carbonyl (C=O) groups excluding carboxylic acids is 1. The fraction of sp³-hybridized carbons (Fsp3) is 0.357. The fourth-order valence-electron chi connectivity index (χ4n) is 2.13. The second-order valence-corrected chi connectivity index (χ2v) is 4.48. The van der Waals surface area contributed by atoms with Crippen molar-refractivity contribution in [2.45, 2.75) is 33.6 Å². The topological polar surface area (TPSA) is 32.9 Å². The third-order valence-electron chi connectivity index (χ3n) is 3.00. The summed E-state index contributed by atoms with van der Waals surface area (Å²) in [6.07, 6.45) is 1.46. The van der Waals surface area contributed by atoms with Crippen LogP contribution in [-0.4, -0.2) is 10.8 Å². The molecule has 1 aromatic heterocycles. The summed E-state index contributed by atoms with van der Waals surface area (Å²) in [7, 11) is 0. The minimum absolute atomic E-state index is 0.251. The molecule has 0 amide bonds. The van der Waals surface area contributed by atoms with Crippen molar-refractivity contribution in [2.24, 2.45) is 0 Å². The molecule has 2 heteroatoms. The van der Waals surface area contributed by atoms with Gasteiger partial charge in [0.25, 0.3) is 0 Å². The zero-order valence-electron chi connectivity index (χ0n) is 10.1. The van der Waals surface area contributed by atoms with E-state index >= 15 is 0 Å². The monoisotopic (exact) mass is 215 g/mol. The summed E-state index contributed by atoms with van der Waals surface area (Å²) in [5, 5.41) is 1.25. The third kappa shape index (κ3) is 2.01. The first kappa shape index (κ1) is 10.9. The molecule has 1 heterocycles. The van der Waals surface area contributed by atoms with Gasteiger partial charge >= 0.3 is 0 Å². The Hall–Kier alpha value is -1.57. The standard InChI is InChI=1S/C14H17NO/c1-9-4-6-13-12(7-5-10(2)16)11(3)15-14(13)8-9/h4,6,8,15H,5,7H2,1-3H3. The predicted molar refractivity (Wildman–Crippen MR) is 66.8 cm³/mol. The molecule has 84 valence electrons. The molecule has 0 spiro atoms. The Bertz CT molecular complexity index is 537. The van der Waals surface area contributed by atoms with Crippen LogP contribution in [-0.2, 0) is 11.2 Å². The van der Waals surface area contributed by atoms with Gasteiger partial charge in [-0.05, 0) is 44.4 Å². The number of hydrogen-bond acceptors (Lipinski definition) is 1. The molecule has 1 aromatic carbocycles. The Labute approximate surface area is 95.7 Å². The molecule has 0 aliphatic heterocycles. The Morgan fingerprint density at radius 2 is 2.06 bits per heavy atom. The van der Waals surface area contributed by atoms with E-state index < -0.39 is 0 Å². The van der Waals surface area contributed by atoms with Crippen LogP contribution in [0.15, 0.2) is 18.2 Å². The van der Waals surface area contributed by atoms with Crippen LogP contribution in [0, 0.1) is 13.8 Å². The van der Waals surface area contributed by atoms with Gasteiger partial charge < -0.3 is 9.78 Å². The van der Waals surface area contributed by atoms with Crippen LogP contribution in [0.5, 0.6) is 0 Å². The molecular weight excluding hydrogens is 198 g/mol. The average molecular weight is 215 g/mol. The molecular formula is C14H17NO. The number of aromatic amines is 1. The number of rotatable bonds is 3. The van der Waals surface area contributed by atoms with Crippen molar-refractivity contribution in [1.82, 2.24) is 4.98 Å². The molecule has 0 saturated carbocycles. The van der Waals surface area contributed by atoms with E-state index in [9.17, 15) is 4.79 Å². The molecule has 0 aliphatic carbocycles. The highest BCUT2D eigenvalue weighted by Crippen LogP contribution is 2.24. The Kier molecular flexibility index (Phi) is 2.82. The largest absolute Gasteiger partial charge is 0.358 e. The lowest BCUT2D eigenvalue weighted by Gasteiger charge is -1.99. The molecule has 0 atom stereocenters. The average Bonchev–Trinajstić information content (AvgIpc) is 2.50. The molecule has 0 aliphatic rings. The van der Waals surface area contributed by atoms with Crippen molar-refractivity contribution in [3.05, 3.63) is 35.0 Å². The predicted octanol–water partition coefficient (Wildman–Crippen LogP) is 3.31. The van der Waals surface area contributed by atoms with Gasteiger partial charge in [-0.1, -0.05) is 12.1 Å². The van der Waals surface area contributed by atoms with Crippen LogP contribution in [0.25, 0.3) is 10.9 Å². The lowest BCUT2D eigenvalue weighted by atomic mass is 10.0. The van der Waals surface area contributed by atoms with Crippen LogP contribution in [0.2, 0.25) is 0 Å². The molecule has 0 saturated heterocycles. The van der Waals surface area contributed by atoms with Crippen LogP contribution < -0.4 is 0 Å². The summed E-state index contributed by atoms with van der Waals surface area (Å²) < 4.78 is 0. The summed E-state index contributed by atoms with van der Waals surface area (Å²) >= 11 is 0. The first-order valence-corrected chi connectivity index (χ1v) is 5.65. The van der Waals surface area contributed by atoms with E-state index in [0.717, 1.165) is 6.42 Å². The first-order chi connectivity index (χ1) is 7.58. The molecule has 2 nitrogen and oxygen atoms in total. The highest BCUT2D eigenvalue weighted by atomic mass is 16.1. The number of nitrogens with one attached hydrogen (secondary N) is 1. The number of hydrogen-bond donors (Lipinski definition) is 1. The van der Waals surface area contributed by atoms with Crippen LogP contribution in [0.1, 0.15) is 30.2 Å². The SMILES string of the molecule is CC(=O)CCc1c(C)[nH]c2cc(C)ccc12. The number of carbonyl (C=O) groups is 1. The van der Waals surface area contributed by atoms with E-state index in [-0.39, 0.29) is 5.78 Å². The molecule has 0 unspecified atom stereocenters. The zero-order valence-corrected chi connectivity index (χ0v) is 10.1. The van der Waals surface area contributed by atoms with Crippen molar-refractivity contribution < 1.29 is 4.79 Å².